The maximum atomic E-state index is 13.5. The number of anilines is 9. The summed E-state index contributed by atoms with van der Waals surface area (Å²) in [6.45, 7) is 23.7. The molecule has 42 heteroatoms. The third-order valence-electron chi connectivity index (χ3n) is 21.9. The number of benzene rings is 5. The van der Waals surface area contributed by atoms with Gasteiger partial charge in [-0.3, -0.25) is 23.7 Å². The van der Waals surface area contributed by atoms with E-state index in [1.54, 1.807) is 94.2 Å². The van der Waals surface area contributed by atoms with Gasteiger partial charge in [0.05, 0.1) is 98.1 Å². The number of likely N-dealkylation sites (N-methyl/N-ethyl adjacent to an activating group) is 2. The van der Waals surface area contributed by atoms with E-state index in [-0.39, 0.29) is 16.1 Å². The summed E-state index contributed by atoms with van der Waals surface area (Å²) in [5.41, 5.74) is 14.8. The van der Waals surface area contributed by atoms with E-state index in [0.717, 1.165) is 151 Å². The van der Waals surface area contributed by atoms with Crippen molar-refractivity contribution in [3.8, 4) is 45.1 Å². The van der Waals surface area contributed by atoms with Crippen LogP contribution in [0.25, 0.3) is 33.6 Å². The first-order chi connectivity index (χ1) is 60.1. The normalized spacial score (nSPS) is 15.5. The predicted molar refractivity (Wildman–Crippen MR) is 496 cm³/mol. The molecule has 4 aliphatic rings. The van der Waals surface area contributed by atoms with Crippen molar-refractivity contribution < 1.29 is 63.0 Å². The fourth-order valence-electron chi connectivity index (χ4n) is 14.9. The van der Waals surface area contributed by atoms with Crippen LogP contribution < -0.4 is 51.6 Å². The first kappa shape index (κ1) is 98.1. The standard InChI is InChI=1S/C37H44BrF3N11O2P.C21H32N6O.C16H13BrClF3N5OP.C7H8O3S.C4H10O/c1-48-12-14-50(15-13-48)26-8-10-51(11-9-26)32-18-33(54-3)31(17-28(32)24-19-43-49(2)22-24)46-36-42-21-29(38)35(47-36)45-30-7-6-27(16-34(30)55(4,5)53)52-23-25(20-44-52)37(39,40)41;1-24-8-10-26(11-9-24)17-4-6-27(7-5-17)20-13-21(28-3)19(22)12-18(20)16-14-23-25(2)15-16;1-28(2,27)13-5-10(26-8-9(6-23-26)16(19,20)21)3-4-12(13)24-14-11(17)7-22-15(18)25-14;1-6-2-4-7(5-3-6)11(8,9)10;1-2-3-4-5/h6-7,16-23,26H,8-15H2,1-5H3,(H2,42,45,46,47);12-15,17H,4-11,22H2,1-3H3;3-8H,1-2H3,(H,22,24,25);2-5H,1H3,(H,8,9,10);5H,2-4H2,1H3. The van der Waals surface area contributed by atoms with Gasteiger partial charge in [0.25, 0.3) is 10.1 Å². The zero-order valence-corrected chi connectivity index (χ0v) is 79.2. The number of aliphatic hydroxyl groups excluding tert-OH is 1. The van der Waals surface area contributed by atoms with Crippen LogP contribution in [0.5, 0.6) is 11.5 Å². The zero-order valence-electron chi connectivity index (χ0n) is 72.6. The Balaban J connectivity index is 0.000000182. The predicted octanol–water partition coefficient (Wildman–Crippen LogP) is 15.8. The third-order valence-corrected chi connectivity index (χ3v) is 27.2. The average molecular weight is 1970 g/mol. The smallest absolute Gasteiger partial charge is 0.419 e. The van der Waals surface area contributed by atoms with Crippen molar-refractivity contribution in [1.82, 2.24) is 78.7 Å². The molecule has 4 aliphatic heterocycles. The van der Waals surface area contributed by atoms with E-state index in [9.17, 15) is 43.9 Å². The molecule has 0 spiro atoms. The summed E-state index contributed by atoms with van der Waals surface area (Å²) in [5.74, 6) is 2.37. The number of piperidine rings is 2. The molecule has 4 fully saturated rings. The molecule has 30 nitrogen and oxygen atoms in total. The second-order valence-corrected chi connectivity index (χ2v) is 41.8. The molecule has 0 bridgehead atoms. The van der Waals surface area contributed by atoms with Crippen LogP contribution in [0.3, 0.4) is 0 Å². The number of aromatic nitrogens is 12. The number of aryl methyl sites for hydroxylation is 3. The van der Waals surface area contributed by atoms with Gasteiger partial charge in [-0.05, 0) is 184 Å². The Labute approximate surface area is 757 Å². The number of hydrogen-bond acceptors (Lipinski definition) is 25. The number of nitrogens with two attached hydrogens (primary N) is 1. The fourth-order valence-corrected chi connectivity index (χ4v) is 18.4. The molecule has 127 heavy (non-hydrogen) atoms. The number of aliphatic hydroxyl groups is 1. The lowest BCUT2D eigenvalue weighted by Crippen LogP contribution is -2.52. The molecular formula is C85H107Br2ClF6N22O8P2S. The minimum Gasteiger partial charge on any atom is -0.495 e. The van der Waals surface area contributed by atoms with Gasteiger partial charge in [-0.2, -0.15) is 65.1 Å². The van der Waals surface area contributed by atoms with Gasteiger partial charge in [-0.15, -0.1) is 0 Å². The van der Waals surface area contributed by atoms with Gasteiger partial charge in [-0.1, -0.05) is 31.0 Å². The van der Waals surface area contributed by atoms with Crippen molar-refractivity contribution in [1.29, 1.82) is 0 Å². The van der Waals surface area contributed by atoms with Crippen LogP contribution in [0.2, 0.25) is 5.28 Å². The molecule has 0 saturated carbocycles. The minimum absolute atomic E-state index is 0.0243. The van der Waals surface area contributed by atoms with Crippen LogP contribution in [0.1, 0.15) is 62.1 Å². The monoisotopic (exact) mass is 1960 g/mol. The summed E-state index contributed by atoms with van der Waals surface area (Å²) >= 11 is 12.6. The SMILES string of the molecule is CCCCO.COc1cc(N2CCC(N3CCN(C)CC3)CC2)c(-c2cnn(C)c2)cc1N.COc1cc(N2CCC(N3CCN(C)CC3)CC2)c(-c2cnn(C)c2)cc1Nc1ncc(Br)c(Nc2ccc(-n3cc(C(F)(F)F)cn3)cc2P(C)(C)=O)n1.CP(C)(=O)c1cc(-n2cc(C(F)(F)F)cn2)ccc1Nc1nc(Cl)ncc1Br.Cc1ccc(S(=O)(=O)O)cc1. The lowest BCUT2D eigenvalue weighted by Gasteiger charge is -2.43. The van der Waals surface area contributed by atoms with Gasteiger partial charge in [0.2, 0.25) is 11.2 Å². The summed E-state index contributed by atoms with van der Waals surface area (Å²) in [7, 11) is 1.77. The van der Waals surface area contributed by atoms with E-state index in [1.807, 2.05) is 62.6 Å². The number of piperazine rings is 2. The molecule has 0 unspecified atom stereocenters. The minimum atomic E-state index is -4.53. The highest BCUT2D eigenvalue weighted by molar-refractivity contribution is 9.11. The van der Waals surface area contributed by atoms with E-state index in [2.05, 4.69) is 146 Å². The number of halogens is 9. The number of nitrogens with zero attached hydrogens (tertiary/aromatic N) is 18. The molecule has 0 atom stereocenters. The first-order valence-corrected chi connectivity index (χ1v) is 49.5. The van der Waals surface area contributed by atoms with Crippen molar-refractivity contribution >= 4 is 130 Å². The summed E-state index contributed by atoms with van der Waals surface area (Å²) < 4.78 is 152. The van der Waals surface area contributed by atoms with Gasteiger partial charge < -0.3 is 65.0 Å². The van der Waals surface area contributed by atoms with Crippen molar-refractivity contribution in [2.45, 2.75) is 81.7 Å². The number of alkyl halides is 6. The molecule has 0 aliphatic carbocycles. The van der Waals surface area contributed by atoms with Gasteiger partial charge >= 0.3 is 12.4 Å². The fraction of sp³-hybridized carbons (Fsp3) is 0.412. The highest BCUT2D eigenvalue weighted by Gasteiger charge is 2.36. The molecule has 0 radical (unpaired) electrons. The number of nitrogens with one attached hydrogen (secondary N) is 3. The Kier molecular flexibility index (Phi) is 33.1. The molecule has 11 aromatic rings. The summed E-state index contributed by atoms with van der Waals surface area (Å²) in [5, 5.41) is 35.0. The Morgan fingerprint density at radius 3 is 1.37 bits per heavy atom. The molecule has 5 aromatic carbocycles. The zero-order chi connectivity index (χ0) is 92.0. The highest BCUT2D eigenvalue weighted by atomic mass is 79.9. The number of unbranched alkanes of at least 4 members (excludes halogenated alkanes) is 1. The van der Waals surface area contributed by atoms with E-state index in [0.29, 0.717) is 89.8 Å². The Morgan fingerprint density at radius 1 is 0.551 bits per heavy atom. The molecular weight excluding hydrogens is 1860 g/mol. The highest BCUT2D eigenvalue weighted by Crippen LogP contribution is 2.46. The Morgan fingerprint density at radius 2 is 0.984 bits per heavy atom. The molecule has 7 N–H and O–H groups in total. The van der Waals surface area contributed by atoms with Crippen LogP contribution in [0.15, 0.2) is 161 Å². The number of ether oxygens (including phenoxy) is 2. The summed E-state index contributed by atoms with van der Waals surface area (Å²) in [4.78, 5) is 32.2. The maximum absolute atomic E-state index is 13.5. The average Bonchev–Trinajstić information content (AvgIpc) is 1.76. The van der Waals surface area contributed by atoms with Gasteiger partial charge in [0, 0.05) is 205 Å². The lowest BCUT2D eigenvalue weighted by atomic mass is 9.98. The van der Waals surface area contributed by atoms with Crippen LogP contribution >= 0.6 is 57.7 Å². The van der Waals surface area contributed by atoms with Crippen molar-refractivity contribution in [3.63, 3.8) is 0 Å². The quantitative estimate of drug-likeness (QED) is 0.0128. The van der Waals surface area contributed by atoms with Gasteiger partial charge in [0.1, 0.15) is 37.4 Å². The van der Waals surface area contributed by atoms with Crippen LogP contribution in [0.4, 0.5) is 78.1 Å². The van der Waals surface area contributed by atoms with E-state index in [1.165, 1.54) is 69.1 Å². The largest absolute Gasteiger partial charge is 0.495 e. The number of nitrogen functional groups attached to an aromatic ring is 1. The Bertz CT molecular complexity index is 5770. The first-order valence-electron chi connectivity index (χ1n) is 40.9. The second kappa shape index (κ2) is 42.8. The number of hydrogen-bond donors (Lipinski definition) is 6. The maximum Gasteiger partial charge on any atom is 0.419 e. The van der Waals surface area contributed by atoms with Crippen molar-refractivity contribution in [2.75, 3.05) is 172 Å². The third kappa shape index (κ3) is 26.4. The topological polar surface area (TPSA) is 332 Å². The molecule has 684 valence electrons. The van der Waals surface area contributed by atoms with E-state index >= 15 is 0 Å². The second-order valence-electron chi connectivity index (χ2n) is 32.0. The van der Waals surface area contributed by atoms with Gasteiger partial charge in [0.15, 0.2) is 0 Å². The molecule has 15 rings (SSSR count). The molecule has 6 aromatic heterocycles. The van der Waals surface area contributed by atoms with Crippen molar-refractivity contribution in [3.05, 3.63) is 178 Å². The number of methoxy groups -OCH3 is 2. The van der Waals surface area contributed by atoms with Crippen LogP contribution in [0, 0.1) is 6.92 Å². The van der Waals surface area contributed by atoms with E-state index in [4.69, 9.17) is 41.5 Å². The van der Waals surface area contributed by atoms with Crippen molar-refractivity contribution in [2.24, 2.45) is 14.1 Å². The summed E-state index contributed by atoms with van der Waals surface area (Å²) in [6, 6.07) is 25.0. The van der Waals surface area contributed by atoms with Crippen LogP contribution in [-0.2, 0) is 45.7 Å². The van der Waals surface area contributed by atoms with Gasteiger partial charge in [-0.25, -0.2) is 19.3 Å². The van der Waals surface area contributed by atoms with E-state index < -0.39 is 47.9 Å². The molecule has 0 amide bonds. The lowest BCUT2D eigenvalue weighted by molar-refractivity contribution is -0.138. The Hall–Kier alpha value is -9.50. The summed E-state index contributed by atoms with van der Waals surface area (Å²) in [6.07, 6.45) is 11.7. The molecule has 10 heterocycles. The number of rotatable bonds is 21. The molecule has 4 saturated heterocycles. The van der Waals surface area contributed by atoms with Crippen LogP contribution in [-0.4, -0.2) is 249 Å².